The second kappa shape index (κ2) is 10.3. The van der Waals surface area contributed by atoms with Crippen molar-refractivity contribution in [3.8, 4) is 0 Å². The van der Waals surface area contributed by atoms with Crippen molar-refractivity contribution in [1.82, 2.24) is 15.1 Å². The topological polar surface area (TPSA) is 35.6 Å². The van der Waals surface area contributed by atoms with E-state index < -0.39 is 0 Å². The third-order valence-electron chi connectivity index (χ3n) is 7.87. The van der Waals surface area contributed by atoms with Gasteiger partial charge in [-0.3, -0.25) is 4.79 Å². The van der Waals surface area contributed by atoms with Crippen LogP contribution in [0.25, 0.3) is 10.8 Å². The molecule has 0 aromatic heterocycles. The quantitative estimate of drug-likeness (QED) is 0.544. The van der Waals surface area contributed by atoms with Gasteiger partial charge in [-0.1, -0.05) is 61.0 Å². The number of nitrogens with one attached hydrogen (secondary N) is 1. The second-order valence-corrected chi connectivity index (χ2v) is 10.2. The highest BCUT2D eigenvalue weighted by Crippen LogP contribution is 2.34. The summed E-state index contributed by atoms with van der Waals surface area (Å²) < 4.78 is 0. The lowest BCUT2D eigenvalue weighted by Crippen LogP contribution is -2.47. The molecule has 2 fully saturated rings. The monoisotopic (exact) mass is 455 g/mol. The van der Waals surface area contributed by atoms with Crippen LogP contribution in [-0.2, 0) is 0 Å². The van der Waals surface area contributed by atoms with Crippen LogP contribution in [0.2, 0.25) is 0 Å². The van der Waals surface area contributed by atoms with Crippen LogP contribution in [0.4, 0.5) is 0 Å². The third-order valence-corrected chi connectivity index (χ3v) is 7.87. The zero-order valence-corrected chi connectivity index (χ0v) is 20.5. The summed E-state index contributed by atoms with van der Waals surface area (Å²) in [5.74, 6) is 0.727. The van der Waals surface area contributed by atoms with E-state index >= 15 is 0 Å². The minimum absolute atomic E-state index is 0.173. The van der Waals surface area contributed by atoms with Gasteiger partial charge in [-0.05, 0) is 73.2 Å². The van der Waals surface area contributed by atoms with E-state index in [1.165, 1.54) is 41.2 Å². The Bertz CT molecular complexity index is 1110. The van der Waals surface area contributed by atoms with Gasteiger partial charge in [0.15, 0.2) is 0 Å². The van der Waals surface area contributed by atoms with Crippen LogP contribution in [0.3, 0.4) is 0 Å². The van der Waals surface area contributed by atoms with E-state index in [-0.39, 0.29) is 5.91 Å². The number of likely N-dealkylation sites (N-methyl/N-ethyl adjacent to an activating group) is 1. The number of amides is 1. The fourth-order valence-electron chi connectivity index (χ4n) is 5.81. The van der Waals surface area contributed by atoms with Crippen molar-refractivity contribution in [1.29, 1.82) is 0 Å². The van der Waals surface area contributed by atoms with Crippen LogP contribution in [0.15, 0.2) is 66.7 Å². The van der Waals surface area contributed by atoms with Crippen LogP contribution in [0.1, 0.15) is 66.1 Å². The molecule has 4 nitrogen and oxygen atoms in total. The van der Waals surface area contributed by atoms with Gasteiger partial charge in [0.2, 0.25) is 0 Å². The predicted octanol–water partition coefficient (Wildman–Crippen LogP) is 5.60. The SMILES string of the molecule is C[C@@H](NC1CCCC(c2ccc(C(=O)N3CCN(C)CC3)cc2)C1)c1cccc2ccccc12. The molecule has 4 heteroatoms. The number of hydrogen-bond acceptors (Lipinski definition) is 3. The van der Waals surface area contributed by atoms with Gasteiger partial charge in [-0.15, -0.1) is 0 Å². The summed E-state index contributed by atoms with van der Waals surface area (Å²) in [6, 6.07) is 24.6. The highest BCUT2D eigenvalue weighted by molar-refractivity contribution is 5.94. The number of carbonyl (C=O) groups is 1. The summed E-state index contributed by atoms with van der Waals surface area (Å²) >= 11 is 0. The number of hydrogen-bond donors (Lipinski definition) is 1. The van der Waals surface area contributed by atoms with Crippen molar-refractivity contribution in [3.63, 3.8) is 0 Å². The van der Waals surface area contributed by atoms with Crippen LogP contribution in [-0.4, -0.2) is 55.0 Å². The van der Waals surface area contributed by atoms with Crippen molar-refractivity contribution in [3.05, 3.63) is 83.4 Å². The number of carbonyl (C=O) groups excluding carboxylic acids is 1. The predicted molar refractivity (Wildman–Crippen MR) is 140 cm³/mol. The smallest absolute Gasteiger partial charge is 0.253 e. The van der Waals surface area contributed by atoms with E-state index in [1.807, 2.05) is 17.0 Å². The Morgan fingerprint density at radius 1 is 0.912 bits per heavy atom. The Labute approximate surface area is 203 Å². The van der Waals surface area contributed by atoms with Crippen molar-refractivity contribution in [2.24, 2.45) is 0 Å². The fraction of sp³-hybridized carbons (Fsp3) is 0.433. The lowest BCUT2D eigenvalue weighted by atomic mass is 9.80. The Hall–Kier alpha value is -2.69. The molecule has 1 saturated heterocycles. The molecule has 2 unspecified atom stereocenters. The van der Waals surface area contributed by atoms with E-state index in [0.29, 0.717) is 18.0 Å². The molecule has 3 aromatic rings. The number of piperazine rings is 1. The van der Waals surface area contributed by atoms with Gasteiger partial charge in [0.25, 0.3) is 5.91 Å². The summed E-state index contributed by atoms with van der Waals surface area (Å²) in [5, 5.41) is 6.59. The summed E-state index contributed by atoms with van der Waals surface area (Å²) in [4.78, 5) is 17.2. The zero-order chi connectivity index (χ0) is 23.5. The molecular weight excluding hydrogens is 418 g/mol. The number of fused-ring (bicyclic) bond motifs is 1. The van der Waals surface area contributed by atoms with Crippen molar-refractivity contribution in [2.45, 2.75) is 50.6 Å². The van der Waals surface area contributed by atoms with E-state index in [2.05, 4.69) is 78.8 Å². The highest BCUT2D eigenvalue weighted by Gasteiger charge is 2.26. The average molecular weight is 456 g/mol. The van der Waals surface area contributed by atoms with Crippen LogP contribution in [0, 0.1) is 0 Å². The van der Waals surface area contributed by atoms with Crippen LogP contribution >= 0.6 is 0 Å². The summed E-state index contributed by atoms with van der Waals surface area (Å²) in [5.41, 5.74) is 3.58. The van der Waals surface area contributed by atoms with Crippen molar-refractivity contribution in [2.75, 3.05) is 33.2 Å². The maximum atomic E-state index is 12.9. The maximum Gasteiger partial charge on any atom is 0.253 e. The molecule has 1 saturated carbocycles. The van der Waals surface area contributed by atoms with Crippen LogP contribution in [0.5, 0.6) is 0 Å². The van der Waals surface area contributed by atoms with Gasteiger partial charge in [0, 0.05) is 43.8 Å². The van der Waals surface area contributed by atoms with E-state index in [0.717, 1.165) is 38.2 Å². The number of nitrogens with zero attached hydrogens (tertiary/aromatic N) is 2. The summed E-state index contributed by atoms with van der Waals surface area (Å²) in [6.45, 7) is 5.85. The standard InChI is InChI=1S/C30H37N3O/c1-22(28-12-6-8-24-7-3-4-11-29(24)28)31-27-10-5-9-26(21-27)23-13-15-25(16-14-23)30(34)33-19-17-32(2)18-20-33/h3-4,6-8,11-16,22,26-27,31H,5,9-10,17-21H2,1-2H3/t22-,26?,27?/m1/s1. The summed E-state index contributed by atoms with van der Waals surface area (Å²) in [7, 11) is 2.12. The molecule has 1 aliphatic carbocycles. The first-order valence-electron chi connectivity index (χ1n) is 12.9. The molecule has 1 aliphatic heterocycles. The van der Waals surface area contributed by atoms with Gasteiger partial charge < -0.3 is 15.1 Å². The Balaban J connectivity index is 1.22. The van der Waals surface area contributed by atoms with E-state index in [4.69, 9.17) is 0 Å². The maximum absolute atomic E-state index is 12.9. The molecule has 3 aromatic carbocycles. The molecule has 34 heavy (non-hydrogen) atoms. The molecule has 5 rings (SSSR count). The van der Waals surface area contributed by atoms with Gasteiger partial charge in [-0.25, -0.2) is 0 Å². The Morgan fingerprint density at radius 2 is 1.65 bits per heavy atom. The summed E-state index contributed by atoms with van der Waals surface area (Å²) in [6.07, 6.45) is 4.85. The van der Waals surface area contributed by atoms with Gasteiger partial charge in [-0.2, -0.15) is 0 Å². The molecular formula is C30H37N3O. The largest absolute Gasteiger partial charge is 0.336 e. The average Bonchev–Trinajstić information content (AvgIpc) is 2.88. The van der Waals surface area contributed by atoms with E-state index in [1.54, 1.807) is 0 Å². The molecule has 1 amide bonds. The molecule has 0 spiro atoms. The number of benzene rings is 3. The minimum atomic E-state index is 0.173. The van der Waals surface area contributed by atoms with Gasteiger partial charge in [0.05, 0.1) is 0 Å². The molecule has 0 bridgehead atoms. The lowest BCUT2D eigenvalue weighted by molar-refractivity contribution is 0.0664. The Morgan fingerprint density at radius 3 is 2.44 bits per heavy atom. The second-order valence-electron chi connectivity index (χ2n) is 10.2. The molecule has 1 N–H and O–H groups in total. The van der Waals surface area contributed by atoms with Gasteiger partial charge >= 0.3 is 0 Å². The fourth-order valence-corrected chi connectivity index (χ4v) is 5.81. The molecule has 3 atom stereocenters. The van der Waals surface area contributed by atoms with Crippen molar-refractivity contribution >= 4 is 16.7 Å². The molecule has 0 radical (unpaired) electrons. The first-order valence-corrected chi connectivity index (χ1v) is 12.9. The molecule has 2 aliphatic rings. The Kier molecular flexibility index (Phi) is 6.98. The molecule has 1 heterocycles. The third kappa shape index (κ3) is 5.03. The van der Waals surface area contributed by atoms with Gasteiger partial charge in [0.1, 0.15) is 0 Å². The normalized spacial score (nSPS) is 22.6. The van der Waals surface area contributed by atoms with Crippen LogP contribution < -0.4 is 5.32 Å². The minimum Gasteiger partial charge on any atom is -0.336 e. The lowest BCUT2D eigenvalue weighted by Gasteiger charge is -2.33. The van der Waals surface area contributed by atoms with E-state index in [9.17, 15) is 4.79 Å². The highest BCUT2D eigenvalue weighted by atomic mass is 16.2. The number of rotatable bonds is 5. The first-order chi connectivity index (χ1) is 16.6. The van der Waals surface area contributed by atoms with Crippen molar-refractivity contribution < 1.29 is 4.79 Å². The zero-order valence-electron chi connectivity index (χ0n) is 20.5. The molecule has 178 valence electrons. The first kappa shape index (κ1) is 23.1.